The van der Waals surface area contributed by atoms with Crippen molar-refractivity contribution in [3.8, 4) is 0 Å². The van der Waals surface area contributed by atoms with Crippen molar-refractivity contribution in [2.45, 2.75) is 51.9 Å². The van der Waals surface area contributed by atoms with Gasteiger partial charge in [-0.2, -0.15) is 0 Å². The summed E-state index contributed by atoms with van der Waals surface area (Å²) < 4.78 is 37.1. The van der Waals surface area contributed by atoms with Gasteiger partial charge < -0.3 is 9.31 Å². The maximum Gasteiger partial charge on any atom is 0.494 e. The summed E-state index contributed by atoms with van der Waals surface area (Å²) in [6, 6.07) is 7.34. The molecule has 0 spiro atoms. The molecule has 0 amide bonds. The lowest BCUT2D eigenvalue weighted by atomic mass is 9.78. The molecule has 2 rings (SSSR count). The van der Waals surface area contributed by atoms with Crippen LogP contribution >= 0.6 is 0 Å². The van der Waals surface area contributed by atoms with Crippen LogP contribution in [0.5, 0.6) is 0 Å². The lowest BCUT2D eigenvalue weighted by molar-refractivity contribution is 0.00578. The van der Waals surface area contributed by atoms with Crippen LogP contribution in [-0.2, 0) is 19.3 Å². The molecule has 0 saturated carbocycles. The Bertz CT molecular complexity index is 624. The van der Waals surface area contributed by atoms with Crippen LogP contribution in [0.4, 0.5) is 0 Å². The molecule has 1 N–H and O–H groups in total. The van der Waals surface area contributed by atoms with E-state index in [4.69, 9.17) is 9.31 Å². The molecule has 0 bridgehead atoms. The summed E-state index contributed by atoms with van der Waals surface area (Å²) in [5.74, 6) is 0. The Balaban J connectivity index is 2.14. The van der Waals surface area contributed by atoms with Crippen molar-refractivity contribution >= 4 is 22.6 Å². The maximum absolute atomic E-state index is 11.3. The van der Waals surface area contributed by atoms with E-state index >= 15 is 0 Å². The van der Waals surface area contributed by atoms with Gasteiger partial charge in [-0.25, -0.2) is 13.1 Å². The third-order valence-electron chi connectivity index (χ3n) is 4.35. The van der Waals surface area contributed by atoms with Crippen LogP contribution in [0.3, 0.4) is 0 Å². The third kappa shape index (κ3) is 3.71. The van der Waals surface area contributed by atoms with Gasteiger partial charge in [0, 0.05) is 6.04 Å². The largest absolute Gasteiger partial charge is 0.494 e. The van der Waals surface area contributed by atoms with E-state index in [-0.39, 0.29) is 17.2 Å². The van der Waals surface area contributed by atoms with E-state index in [0.29, 0.717) is 0 Å². The molecular weight excluding hydrogens is 301 g/mol. The molecule has 1 heterocycles. The molecule has 5 nitrogen and oxygen atoms in total. The summed E-state index contributed by atoms with van der Waals surface area (Å²) in [7, 11) is -3.63. The molecule has 0 unspecified atom stereocenters. The SMILES string of the molecule is C[C@@H](NS(C)(=O)=O)c1ccc(B2OC(C)(C)C(C)(C)O2)cc1. The standard InChI is InChI=1S/C15H24BNO4S/c1-11(17-22(6,18)19)12-7-9-13(10-8-12)16-20-14(2,3)15(4,5)21-16/h7-11,17H,1-6H3/t11-/m1/s1. The Labute approximate surface area is 133 Å². The molecule has 7 heteroatoms. The number of nitrogens with one attached hydrogen (secondary N) is 1. The average molecular weight is 325 g/mol. The molecule has 1 saturated heterocycles. The summed E-state index contributed by atoms with van der Waals surface area (Å²) in [5.41, 5.74) is 1.07. The third-order valence-corrected chi connectivity index (χ3v) is 5.13. The highest BCUT2D eigenvalue weighted by Crippen LogP contribution is 2.36. The van der Waals surface area contributed by atoms with Crippen molar-refractivity contribution in [3.05, 3.63) is 29.8 Å². The molecule has 0 radical (unpaired) electrons. The number of benzene rings is 1. The van der Waals surface area contributed by atoms with Crippen LogP contribution in [0.15, 0.2) is 24.3 Å². The Hall–Kier alpha value is -0.885. The van der Waals surface area contributed by atoms with E-state index in [1.807, 2.05) is 58.9 Å². The van der Waals surface area contributed by atoms with E-state index in [2.05, 4.69) is 4.72 Å². The van der Waals surface area contributed by atoms with Crippen molar-refractivity contribution in [2.24, 2.45) is 0 Å². The number of rotatable bonds is 4. The second-order valence-corrected chi connectivity index (χ2v) is 8.65. The van der Waals surface area contributed by atoms with Crippen LogP contribution in [0.25, 0.3) is 0 Å². The maximum atomic E-state index is 11.3. The predicted molar refractivity (Wildman–Crippen MR) is 88.6 cm³/mol. The summed E-state index contributed by atoms with van der Waals surface area (Å²) >= 11 is 0. The second kappa shape index (κ2) is 5.63. The van der Waals surface area contributed by atoms with E-state index in [9.17, 15) is 8.42 Å². The lowest BCUT2D eigenvalue weighted by Crippen LogP contribution is -2.41. The zero-order valence-electron chi connectivity index (χ0n) is 14.0. The first-order chi connectivity index (χ1) is 9.91. The van der Waals surface area contributed by atoms with Crippen molar-refractivity contribution in [1.82, 2.24) is 4.72 Å². The molecule has 0 aromatic heterocycles. The highest BCUT2D eigenvalue weighted by molar-refractivity contribution is 7.88. The molecule has 1 aromatic rings. The Morgan fingerprint density at radius 1 is 1.05 bits per heavy atom. The first kappa shape index (κ1) is 17.5. The smallest absolute Gasteiger partial charge is 0.399 e. The summed E-state index contributed by atoms with van der Waals surface area (Å²) in [5, 5.41) is 0. The van der Waals surface area contributed by atoms with Gasteiger partial charge in [0.25, 0.3) is 0 Å². The van der Waals surface area contributed by atoms with Gasteiger partial charge in [0.05, 0.1) is 17.5 Å². The Morgan fingerprint density at radius 2 is 1.50 bits per heavy atom. The van der Waals surface area contributed by atoms with Gasteiger partial charge in [0.1, 0.15) is 0 Å². The summed E-state index contributed by atoms with van der Waals surface area (Å²) in [6.45, 7) is 9.86. The van der Waals surface area contributed by atoms with Crippen molar-refractivity contribution in [1.29, 1.82) is 0 Å². The zero-order chi connectivity index (χ0) is 16.8. The fraction of sp³-hybridized carbons (Fsp3) is 0.600. The van der Waals surface area contributed by atoms with Gasteiger partial charge in [0.2, 0.25) is 10.0 Å². The minimum absolute atomic E-state index is 0.276. The molecule has 1 aliphatic heterocycles. The fourth-order valence-electron chi connectivity index (χ4n) is 2.31. The number of sulfonamides is 1. The molecule has 1 atom stereocenters. The topological polar surface area (TPSA) is 64.6 Å². The average Bonchev–Trinajstić information content (AvgIpc) is 2.56. The molecule has 22 heavy (non-hydrogen) atoms. The van der Waals surface area contributed by atoms with Crippen molar-refractivity contribution in [2.75, 3.05) is 6.26 Å². The molecular formula is C15H24BNO4S. The summed E-state index contributed by atoms with van der Waals surface area (Å²) in [6.07, 6.45) is 1.16. The van der Waals surface area contributed by atoms with Gasteiger partial charge >= 0.3 is 7.12 Å². The highest BCUT2D eigenvalue weighted by Gasteiger charge is 2.51. The zero-order valence-corrected chi connectivity index (χ0v) is 14.8. The van der Waals surface area contributed by atoms with Gasteiger partial charge in [-0.15, -0.1) is 0 Å². The molecule has 1 aliphatic rings. The van der Waals surface area contributed by atoms with E-state index < -0.39 is 17.1 Å². The van der Waals surface area contributed by atoms with Gasteiger partial charge in [-0.3, -0.25) is 0 Å². The minimum atomic E-state index is -3.23. The van der Waals surface area contributed by atoms with E-state index in [0.717, 1.165) is 17.3 Å². The van der Waals surface area contributed by atoms with E-state index in [1.165, 1.54) is 0 Å². The lowest BCUT2D eigenvalue weighted by Gasteiger charge is -2.32. The monoisotopic (exact) mass is 325 g/mol. The van der Waals surface area contributed by atoms with Gasteiger partial charge in [-0.1, -0.05) is 24.3 Å². The number of hydrogen-bond acceptors (Lipinski definition) is 4. The fourth-order valence-corrected chi connectivity index (χ4v) is 3.09. The van der Waals surface area contributed by atoms with Crippen LogP contribution in [0.2, 0.25) is 0 Å². The molecule has 122 valence electrons. The normalized spacial score (nSPS) is 21.8. The van der Waals surface area contributed by atoms with E-state index in [1.54, 1.807) is 0 Å². The van der Waals surface area contributed by atoms with Crippen LogP contribution in [0, 0.1) is 0 Å². The second-order valence-electron chi connectivity index (χ2n) is 6.87. The van der Waals surface area contributed by atoms with Crippen molar-refractivity contribution in [3.63, 3.8) is 0 Å². The molecule has 1 aromatic carbocycles. The predicted octanol–water partition coefficient (Wildman–Crippen LogP) is 1.60. The Kier molecular flexibility index (Phi) is 4.47. The van der Waals surface area contributed by atoms with Gasteiger partial charge in [0.15, 0.2) is 0 Å². The Morgan fingerprint density at radius 3 is 1.91 bits per heavy atom. The highest BCUT2D eigenvalue weighted by atomic mass is 32.2. The first-order valence-corrected chi connectivity index (χ1v) is 9.23. The van der Waals surface area contributed by atoms with Crippen LogP contribution < -0.4 is 10.2 Å². The van der Waals surface area contributed by atoms with Gasteiger partial charge in [-0.05, 0) is 45.6 Å². The molecule has 0 aliphatic carbocycles. The minimum Gasteiger partial charge on any atom is -0.399 e. The number of hydrogen-bond donors (Lipinski definition) is 1. The molecule has 1 fully saturated rings. The summed E-state index contributed by atoms with van der Waals surface area (Å²) in [4.78, 5) is 0. The van der Waals surface area contributed by atoms with Crippen LogP contribution in [-0.4, -0.2) is 33.0 Å². The van der Waals surface area contributed by atoms with Crippen LogP contribution in [0.1, 0.15) is 46.2 Å². The first-order valence-electron chi connectivity index (χ1n) is 7.34. The quantitative estimate of drug-likeness (QED) is 0.854. The van der Waals surface area contributed by atoms with Crippen molar-refractivity contribution < 1.29 is 17.7 Å².